The molecule has 0 heterocycles. The standard InChI is InChI=1S/C15H22N2O2/c1-12-7-5-6-10-14(12)17-15(18)16-11-19-13-8-3-2-4-9-13/h2-4,8-9,12,14H,5-7,10-11H2,1H3,(H2,16,17,18). The highest BCUT2D eigenvalue weighted by molar-refractivity contribution is 5.74. The highest BCUT2D eigenvalue weighted by atomic mass is 16.5. The van der Waals surface area contributed by atoms with Gasteiger partial charge < -0.3 is 15.4 Å². The second kappa shape index (κ2) is 7.02. The molecule has 19 heavy (non-hydrogen) atoms. The van der Waals surface area contributed by atoms with Crippen molar-refractivity contribution in [3.63, 3.8) is 0 Å². The van der Waals surface area contributed by atoms with Gasteiger partial charge in [0.15, 0.2) is 6.73 Å². The number of hydrogen-bond donors (Lipinski definition) is 2. The van der Waals surface area contributed by atoms with Crippen LogP contribution in [0.5, 0.6) is 5.75 Å². The van der Waals surface area contributed by atoms with E-state index in [4.69, 9.17) is 4.74 Å². The predicted molar refractivity (Wildman–Crippen MR) is 75.0 cm³/mol. The number of carbonyl (C=O) groups is 1. The van der Waals surface area contributed by atoms with Crippen LogP contribution in [0.25, 0.3) is 0 Å². The first-order valence-corrected chi connectivity index (χ1v) is 6.98. The lowest BCUT2D eigenvalue weighted by Gasteiger charge is -2.29. The average molecular weight is 262 g/mol. The molecule has 2 amide bonds. The molecule has 1 saturated carbocycles. The Morgan fingerprint density at radius 3 is 2.74 bits per heavy atom. The second-order valence-electron chi connectivity index (χ2n) is 5.12. The summed E-state index contributed by atoms with van der Waals surface area (Å²) in [6.45, 7) is 2.39. The molecular weight excluding hydrogens is 240 g/mol. The lowest BCUT2D eigenvalue weighted by atomic mass is 9.86. The number of amides is 2. The maximum Gasteiger partial charge on any atom is 0.317 e. The van der Waals surface area contributed by atoms with Gasteiger partial charge in [0.1, 0.15) is 5.75 Å². The fourth-order valence-corrected chi connectivity index (χ4v) is 2.45. The minimum absolute atomic E-state index is 0.144. The number of urea groups is 1. The molecule has 1 aliphatic carbocycles. The minimum atomic E-state index is -0.144. The Hall–Kier alpha value is -1.71. The molecule has 1 aliphatic rings. The highest BCUT2D eigenvalue weighted by Gasteiger charge is 2.22. The Bertz CT molecular complexity index is 394. The van der Waals surface area contributed by atoms with E-state index in [-0.39, 0.29) is 12.8 Å². The van der Waals surface area contributed by atoms with Crippen molar-refractivity contribution in [2.75, 3.05) is 6.73 Å². The third-order valence-corrected chi connectivity index (χ3v) is 3.64. The largest absolute Gasteiger partial charge is 0.473 e. The summed E-state index contributed by atoms with van der Waals surface area (Å²) in [7, 11) is 0. The summed E-state index contributed by atoms with van der Waals surface area (Å²) in [5.74, 6) is 1.32. The summed E-state index contributed by atoms with van der Waals surface area (Å²) in [5.41, 5.74) is 0. The molecule has 2 N–H and O–H groups in total. The summed E-state index contributed by atoms with van der Waals surface area (Å²) in [6, 6.07) is 9.61. The zero-order chi connectivity index (χ0) is 13.5. The zero-order valence-corrected chi connectivity index (χ0v) is 11.4. The van der Waals surface area contributed by atoms with E-state index < -0.39 is 0 Å². The molecule has 0 saturated heterocycles. The normalized spacial score (nSPS) is 22.6. The van der Waals surface area contributed by atoms with Crippen LogP contribution in [0.3, 0.4) is 0 Å². The third-order valence-electron chi connectivity index (χ3n) is 3.64. The number of para-hydroxylation sites is 1. The van der Waals surface area contributed by atoms with Gasteiger partial charge in [0.05, 0.1) is 0 Å². The predicted octanol–water partition coefficient (Wildman–Crippen LogP) is 2.90. The van der Waals surface area contributed by atoms with E-state index in [0.29, 0.717) is 12.0 Å². The Kier molecular flexibility index (Phi) is 5.07. The fraction of sp³-hybridized carbons (Fsp3) is 0.533. The van der Waals surface area contributed by atoms with Gasteiger partial charge in [-0.1, -0.05) is 38.0 Å². The smallest absolute Gasteiger partial charge is 0.317 e. The van der Waals surface area contributed by atoms with E-state index in [2.05, 4.69) is 17.6 Å². The van der Waals surface area contributed by atoms with E-state index in [0.717, 1.165) is 12.2 Å². The molecule has 0 spiro atoms. The summed E-state index contributed by atoms with van der Waals surface area (Å²) in [5, 5.41) is 5.75. The monoisotopic (exact) mass is 262 g/mol. The van der Waals surface area contributed by atoms with Crippen LogP contribution in [-0.2, 0) is 0 Å². The summed E-state index contributed by atoms with van der Waals surface area (Å²) < 4.78 is 5.42. The molecule has 104 valence electrons. The third kappa shape index (κ3) is 4.47. The van der Waals surface area contributed by atoms with Crippen LogP contribution in [-0.4, -0.2) is 18.8 Å². The molecule has 1 fully saturated rings. The molecule has 0 radical (unpaired) electrons. The maximum atomic E-state index is 11.7. The Labute approximate surface area is 114 Å². The first-order chi connectivity index (χ1) is 9.25. The van der Waals surface area contributed by atoms with Crippen LogP contribution in [0.2, 0.25) is 0 Å². The zero-order valence-electron chi connectivity index (χ0n) is 11.4. The molecule has 0 aliphatic heterocycles. The van der Waals surface area contributed by atoms with Crippen LogP contribution >= 0.6 is 0 Å². The Balaban J connectivity index is 1.67. The van der Waals surface area contributed by atoms with Crippen molar-refractivity contribution in [3.8, 4) is 5.75 Å². The van der Waals surface area contributed by atoms with Crippen LogP contribution in [0, 0.1) is 5.92 Å². The first-order valence-electron chi connectivity index (χ1n) is 6.98. The minimum Gasteiger partial charge on any atom is -0.473 e. The van der Waals surface area contributed by atoms with Crippen molar-refractivity contribution >= 4 is 6.03 Å². The van der Waals surface area contributed by atoms with Crippen molar-refractivity contribution in [1.82, 2.24) is 10.6 Å². The lowest BCUT2D eigenvalue weighted by Crippen LogP contribution is -2.46. The molecule has 0 aromatic heterocycles. The van der Waals surface area contributed by atoms with E-state index in [9.17, 15) is 4.79 Å². The van der Waals surface area contributed by atoms with Crippen molar-refractivity contribution in [2.45, 2.75) is 38.6 Å². The molecule has 1 aromatic carbocycles. The van der Waals surface area contributed by atoms with Gasteiger partial charge in [0.2, 0.25) is 0 Å². The first kappa shape index (κ1) is 13.7. The number of rotatable bonds is 4. The lowest BCUT2D eigenvalue weighted by molar-refractivity contribution is 0.208. The summed E-state index contributed by atoms with van der Waals surface area (Å²) in [6.07, 6.45) is 4.76. The van der Waals surface area contributed by atoms with Crippen LogP contribution in [0.15, 0.2) is 30.3 Å². The topological polar surface area (TPSA) is 50.4 Å². The Morgan fingerprint density at radius 1 is 1.26 bits per heavy atom. The van der Waals surface area contributed by atoms with Crippen LogP contribution in [0.4, 0.5) is 4.79 Å². The summed E-state index contributed by atoms with van der Waals surface area (Å²) >= 11 is 0. The SMILES string of the molecule is CC1CCCCC1NC(=O)NCOc1ccccc1. The molecule has 2 rings (SSSR count). The van der Waals surface area contributed by atoms with Gasteiger partial charge in [-0.2, -0.15) is 0 Å². The van der Waals surface area contributed by atoms with Gasteiger partial charge in [-0.25, -0.2) is 4.79 Å². The fourth-order valence-electron chi connectivity index (χ4n) is 2.45. The molecule has 2 atom stereocenters. The summed E-state index contributed by atoms with van der Waals surface area (Å²) in [4.78, 5) is 11.7. The van der Waals surface area contributed by atoms with Crippen LogP contribution < -0.4 is 15.4 Å². The van der Waals surface area contributed by atoms with Gasteiger partial charge in [0.25, 0.3) is 0 Å². The van der Waals surface area contributed by atoms with E-state index >= 15 is 0 Å². The number of benzene rings is 1. The van der Waals surface area contributed by atoms with Crippen LogP contribution in [0.1, 0.15) is 32.6 Å². The van der Waals surface area contributed by atoms with Gasteiger partial charge in [-0.15, -0.1) is 0 Å². The van der Waals surface area contributed by atoms with Crippen molar-refractivity contribution in [2.24, 2.45) is 5.92 Å². The van der Waals surface area contributed by atoms with Gasteiger partial charge in [0, 0.05) is 6.04 Å². The molecule has 4 nitrogen and oxygen atoms in total. The van der Waals surface area contributed by atoms with Gasteiger partial charge in [-0.05, 0) is 30.9 Å². The van der Waals surface area contributed by atoms with Crippen molar-refractivity contribution in [1.29, 1.82) is 0 Å². The maximum absolute atomic E-state index is 11.7. The van der Waals surface area contributed by atoms with Gasteiger partial charge >= 0.3 is 6.03 Å². The van der Waals surface area contributed by atoms with E-state index in [1.165, 1.54) is 19.3 Å². The quantitative estimate of drug-likeness (QED) is 0.820. The molecule has 1 aromatic rings. The van der Waals surface area contributed by atoms with Gasteiger partial charge in [-0.3, -0.25) is 0 Å². The number of ether oxygens (including phenoxy) is 1. The van der Waals surface area contributed by atoms with Crippen molar-refractivity contribution in [3.05, 3.63) is 30.3 Å². The number of hydrogen-bond acceptors (Lipinski definition) is 2. The average Bonchev–Trinajstić information content (AvgIpc) is 2.43. The number of carbonyl (C=O) groups excluding carboxylic acids is 1. The number of nitrogens with one attached hydrogen (secondary N) is 2. The van der Waals surface area contributed by atoms with Crippen molar-refractivity contribution < 1.29 is 9.53 Å². The molecular formula is C15H22N2O2. The van der Waals surface area contributed by atoms with E-state index in [1.807, 2.05) is 30.3 Å². The second-order valence-corrected chi connectivity index (χ2v) is 5.12. The molecule has 4 heteroatoms. The molecule has 2 unspecified atom stereocenters. The highest BCUT2D eigenvalue weighted by Crippen LogP contribution is 2.23. The Morgan fingerprint density at radius 2 is 2.00 bits per heavy atom. The molecule has 0 bridgehead atoms. The van der Waals surface area contributed by atoms with E-state index in [1.54, 1.807) is 0 Å².